The van der Waals surface area contributed by atoms with E-state index in [0.29, 0.717) is 11.1 Å². The normalized spacial score (nSPS) is 17.0. The number of urea groups is 1. The van der Waals surface area contributed by atoms with Crippen LogP contribution >= 0.6 is 0 Å². The van der Waals surface area contributed by atoms with E-state index in [1.54, 1.807) is 57.4 Å². The van der Waals surface area contributed by atoms with Gasteiger partial charge >= 0.3 is 12.1 Å². The zero-order valence-electron chi connectivity index (χ0n) is 45.7. The maximum absolute atomic E-state index is 16.2. The van der Waals surface area contributed by atoms with Gasteiger partial charge in [-0.2, -0.15) is 0 Å². The molecule has 0 aliphatic carbocycles. The summed E-state index contributed by atoms with van der Waals surface area (Å²) in [5, 5.41) is 21.2. The first-order valence-corrected chi connectivity index (χ1v) is 26.0. The first-order chi connectivity index (χ1) is 37.5. The molecule has 2 aliphatic heterocycles. The third-order valence-corrected chi connectivity index (χ3v) is 13.7. The first kappa shape index (κ1) is 61.1. The minimum absolute atomic E-state index is 0.00176. The van der Waals surface area contributed by atoms with Crippen LogP contribution in [0.3, 0.4) is 0 Å². The van der Waals surface area contributed by atoms with Gasteiger partial charge < -0.3 is 51.2 Å². The molecule has 0 unspecified atom stereocenters. The molecule has 0 spiro atoms. The maximum Gasteiger partial charge on any atom is 0.410 e. The summed E-state index contributed by atoms with van der Waals surface area (Å²) in [6.45, 7) is 11.4. The predicted octanol–water partition coefficient (Wildman–Crippen LogP) is 5.64. The molecule has 24 heteroatoms. The average Bonchev–Trinajstić information content (AvgIpc) is 4.10. The van der Waals surface area contributed by atoms with Crippen molar-refractivity contribution in [2.75, 3.05) is 31.5 Å². The molecule has 4 aromatic rings. The third kappa shape index (κ3) is 15.1. The van der Waals surface area contributed by atoms with Crippen molar-refractivity contribution in [2.45, 2.75) is 117 Å². The predicted molar refractivity (Wildman–Crippen MR) is 284 cm³/mol. The van der Waals surface area contributed by atoms with Gasteiger partial charge in [0.1, 0.15) is 59.8 Å². The molecule has 1 saturated heterocycles. The molecular weight excluding hydrogens is 1050 g/mol. The number of nitrogens with zero attached hydrogens (tertiary/aromatic N) is 5. The fraction of sp³-hybridized carbons (Fsp3) is 0.446. The van der Waals surface area contributed by atoms with Crippen LogP contribution in [-0.2, 0) is 46.7 Å². The van der Waals surface area contributed by atoms with Crippen LogP contribution in [0.1, 0.15) is 91.2 Å². The molecular formula is C56H68F4N10O10. The van der Waals surface area contributed by atoms with Gasteiger partial charge in [-0.05, 0) is 98.5 Å². The highest BCUT2D eigenvalue weighted by Crippen LogP contribution is 2.41. The van der Waals surface area contributed by atoms with Crippen molar-refractivity contribution in [3.63, 3.8) is 0 Å². The van der Waals surface area contributed by atoms with E-state index in [9.17, 15) is 52.2 Å². The number of hydrogen-bond acceptors (Lipinski definition) is 11. The van der Waals surface area contributed by atoms with E-state index in [4.69, 9.17) is 15.5 Å². The number of aliphatic hydroxyl groups is 1. The Kier molecular flexibility index (Phi) is 19.7. The second kappa shape index (κ2) is 25.8. The standard InChI is InChI=1S/C56H68F4N10O10/c1-31(2)46(66-52(77)56(7,8)70-44(72)20-21-45(70)73)50(75)65-42(13-10-22-62-53(61)78)49(74)63-38-17-14-33(15-18-38)30-80-54(79)68-26-35(41(60)28-68)27-69(51(76)32(3)71)47(55(4,5)6)48-64-43(39-24-37(58)16-19-40(39)59)29-67(48)25-34-11-9-12-36(57)23-34/h9,11-12,14-21,23-24,29,31-32,35,41-42,46-47,71H,10,13,22,25-28,30H2,1-8H3,(H,63,74)(H,65,75)(H,66,77)(H3,61,62,78)/t32-,35-,41-,42-,46-,47-/m0/s1. The Bertz CT molecular complexity index is 2980. The quantitative estimate of drug-likeness (QED) is 0.0319. The molecule has 3 heterocycles. The number of halogens is 4. The van der Waals surface area contributed by atoms with Crippen LogP contribution in [0.25, 0.3) is 11.3 Å². The van der Waals surface area contributed by atoms with Crippen LogP contribution in [0.5, 0.6) is 0 Å². The summed E-state index contributed by atoms with van der Waals surface area (Å²) in [7, 11) is 0. The summed E-state index contributed by atoms with van der Waals surface area (Å²) >= 11 is 0. The van der Waals surface area contributed by atoms with Crippen LogP contribution < -0.4 is 27.0 Å². The largest absolute Gasteiger partial charge is 0.445 e. The van der Waals surface area contributed by atoms with Crippen LogP contribution in [0, 0.1) is 34.7 Å². The molecule has 1 fully saturated rings. The number of primary amides is 1. The molecule has 6 rings (SSSR count). The van der Waals surface area contributed by atoms with Gasteiger partial charge in [-0.15, -0.1) is 0 Å². The molecule has 7 N–H and O–H groups in total. The van der Waals surface area contributed by atoms with Crippen molar-refractivity contribution in [3.05, 3.63) is 119 Å². The number of hydrogen-bond donors (Lipinski definition) is 6. The molecule has 430 valence electrons. The number of anilines is 1. The monoisotopic (exact) mass is 1120 g/mol. The van der Waals surface area contributed by atoms with Crippen LogP contribution in [0.15, 0.2) is 85.1 Å². The van der Waals surface area contributed by atoms with E-state index in [2.05, 4.69) is 21.3 Å². The topological polar surface area (TPSA) is 268 Å². The number of ether oxygens (including phenoxy) is 1. The van der Waals surface area contributed by atoms with E-state index in [1.165, 1.54) is 62.2 Å². The number of alkyl halides is 1. The van der Waals surface area contributed by atoms with Gasteiger partial charge in [0.05, 0.1) is 18.3 Å². The first-order valence-electron chi connectivity index (χ1n) is 26.0. The lowest BCUT2D eigenvalue weighted by molar-refractivity contribution is -0.151. The van der Waals surface area contributed by atoms with Crippen LogP contribution in [-0.4, -0.2) is 133 Å². The second-order valence-electron chi connectivity index (χ2n) is 21.8. The number of imidazole rings is 1. The number of carbonyl (C=O) groups excluding carboxylic acids is 8. The Morgan fingerprint density at radius 3 is 2.14 bits per heavy atom. The molecule has 9 amide bonds. The SMILES string of the molecule is CC(C)[C@H](NC(=O)C(C)(C)N1C(=O)C=CC1=O)C(=O)N[C@@H](CCCNC(N)=O)C(=O)Nc1ccc(COC(=O)N2C[C@@H](CN(C(=O)[C@H](C)O)[C@@H](c3nc(-c4cc(F)ccc4F)cn3Cc3cccc(F)c3)C(C)(C)C)[C@@H](F)C2)cc1. The van der Waals surface area contributed by atoms with E-state index in [-0.39, 0.29) is 68.4 Å². The Morgan fingerprint density at radius 1 is 0.863 bits per heavy atom. The van der Waals surface area contributed by atoms with Gasteiger partial charge in [0, 0.05) is 61.7 Å². The number of nitrogens with one attached hydrogen (secondary N) is 4. The van der Waals surface area contributed by atoms with Crippen LogP contribution in [0.2, 0.25) is 0 Å². The summed E-state index contributed by atoms with van der Waals surface area (Å²) in [6, 6.07) is 10.4. The lowest BCUT2D eigenvalue weighted by Crippen LogP contribution is -2.62. The zero-order chi connectivity index (χ0) is 59.0. The second-order valence-corrected chi connectivity index (χ2v) is 21.8. The van der Waals surface area contributed by atoms with Crippen molar-refractivity contribution in [2.24, 2.45) is 23.0 Å². The van der Waals surface area contributed by atoms with Gasteiger partial charge in [-0.3, -0.25) is 33.7 Å². The highest BCUT2D eigenvalue weighted by atomic mass is 19.1. The van der Waals surface area contributed by atoms with Gasteiger partial charge in [0.2, 0.25) is 17.7 Å². The molecule has 1 aromatic heterocycles. The van der Waals surface area contributed by atoms with Crippen molar-refractivity contribution >= 4 is 53.3 Å². The number of benzene rings is 3. The Balaban J connectivity index is 1.13. The van der Waals surface area contributed by atoms with E-state index >= 15 is 8.78 Å². The molecule has 6 atom stereocenters. The molecule has 2 aliphatic rings. The van der Waals surface area contributed by atoms with Crippen molar-refractivity contribution in [1.82, 2.24) is 40.2 Å². The summed E-state index contributed by atoms with van der Waals surface area (Å²) < 4.78 is 67.6. The number of aliphatic hydroxyl groups excluding tert-OH is 1. The Labute approximate surface area is 460 Å². The summed E-state index contributed by atoms with van der Waals surface area (Å²) in [5.41, 5.74) is 3.62. The molecule has 0 bridgehead atoms. The number of rotatable bonds is 22. The smallest absolute Gasteiger partial charge is 0.410 e. The highest BCUT2D eigenvalue weighted by molar-refractivity contribution is 6.16. The van der Waals surface area contributed by atoms with Gasteiger partial charge in [-0.1, -0.05) is 58.9 Å². The number of nitrogens with two attached hydrogens (primary N) is 1. The van der Waals surface area contributed by atoms with E-state index in [0.717, 1.165) is 40.2 Å². The molecule has 3 aromatic carbocycles. The lowest BCUT2D eigenvalue weighted by Gasteiger charge is -2.41. The maximum atomic E-state index is 16.2. The van der Waals surface area contributed by atoms with Crippen molar-refractivity contribution in [1.29, 1.82) is 0 Å². The molecule has 0 radical (unpaired) electrons. The zero-order valence-corrected chi connectivity index (χ0v) is 45.7. The number of carbonyl (C=O) groups is 8. The summed E-state index contributed by atoms with van der Waals surface area (Å²) in [4.78, 5) is 113. The summed E-state index contributed by atoms with van der Waals surface area (Å²) in [6.07, 6.45) is -0.423. The fourth-order valence-electron chi connectivity index (χ4n) is 9.50. The number of amides is 9. The van der Waals surface area contributed by atoms with Gasteiger partial charge in [-0.25, -0.2) is 32.1 Å². The van der Waals surface area contributed by atoms with E-state index < -0.39 is 125 Å². The summed E-state index contributed by atoms with van der Waals surface area (Å²) in [5.74, 6) is -7.84. The highest BCUT2D eigenvalue weighted by Gasteiger charge is 2.46. The average molecular weight is 1120 g/mol. The van der Waals surface area contributed by atoms with Crippen LogP contribution in [0.4, 0.5) is 32.8 Å². The minimum Gasteiger partial charge on any atom is -0.445 e. The van der Waals surface area contributed by atoms with Gasteiger partial charge in [0.15, 0.2) is 0 Å². The third-order valence-electron chi connectivity index (χ3n) is 13.7. The molecule has 0 saturated carbocycles. The van der Waals surface area contributed by atoms with E-state index in [1.807, 2.05) is 0 Å². The van der Waals surface area contributed by atoms with Crippen molar-refractivity contribution in [3.8, 4) is 11.3 Å². The fourth-order valence-corrected chi connectivity index (χ4v) is 9.50. The number of aromatic nitrogens is 2. The Hall–Kier alpha value is -8.15. The lowest BCUT2D eigenvalue weighted by atomic mass is 9.84. The number of likely N-dealkylation sites (tertiary alicyclic amines) is 1. The molecule has 80 heavy (non-hydrogen) atoms. The van der Waals surface area contributed by atoms with Crippen molar-refractivity contribution < 1.29 is 65.8 Å². The molecule has 20 nitrogen and oxygen atoms in total. The Morgan fingerprint density at radius 2 is 1.52 bits per heavy atom. The van der Waals surface area contributed by atoms with Gasteiger partial charge in [0.25, 0.3) is 17.7 Å². The number of imide groups is 1. The minimum atomic E-state index is -1.68.